The highest BCUT2D eigenvalue weighted by molar-refractivity contribution is 7.80. The molecule has 0 unspecified atom stereocenters. The van der Waals surface area contributed by atoms with Crippen molar-refractivity contribution in [3.05, 3.63) is 58.4 Å². The molecule has 0 saturated carbocycles. The van der Waals surface area contributed by atoms with E-state index in [1.54, 1.807) is 0 Å². The molecule has 1 fully saturated rings. The second-order valence-electron chi connectivity index (χ2n) is 8.34. The number of aromatic nitrogens is 1. The van der Waals surface area contributed by atoms with E-state index in [9.17, 15) is 22.8 Å². The van der Waals surface area contributed by atoms with Gasteiger partial charge in [-0.1, -0.05) is 6.07 Å². The maximum atomic E-state index is 13.1. The SMILES string of the molecule is Cc1cc(/C=C2\C(=O)NC(=S)N(c3cccc(C(F)(F)F)c3)C2=O)c(C)n1C(C)(C)C. The summed E-state index contributed by atoms with van der Waals surface area (Å²) in [4.78, 5) is 26.6. The second-order valence-corrected chi connectivity index (χ2v) is 8.73. The van der Waals surface area contributed by atoms with Crippen LogP contribution in [-0.2, 0) is 21.3 Å². The monoisotopic (exact) mass is 449 g/mol. The number of rotatable bonds is 2. The van der Waals surface area contributed by atoms with Gasteiger partial charge in [-0.15, -0.1) is 0 Å². The Kier molecular flexibility index (Phi) is 5.60. The van der Waals surface area contributed by atoms with Crippen LogP contribution in [0.25, 0.3) is 6.08 Å². The summed E-state index contributed by atoms with van der Waals surface area (Å²) in [6, 6.07) is 6.10. The van der Waals surface area contributed by atoms with Gasteiger partial charge in [0.15, 0.2) is 5.11 Å². The molecule has 31 heavy (non-hydrogen) atoms. The molecule has 0 spiro atoms. The third kappa shape index (κ3) is 4.27. The molecule has 0 atom stereocenters. The number of alkyl halides is 3. The number of anilines is 1. The number of thiocarbonyl (C=S) groups is 1. The average molecular weight is 449 g/mol. The number of hydrogen-bond acceptors (Lipinski definition) is 3. The molecule has 3 rings (SSSR count). The van der Waals surface area contributed by atoms with Crippen molar-refractivity contribution in [3.8, 4) is 0 Å². The molecule has 164 valence electrons. The Morgan fingerprint density at radius 2 is 1.71 bits per heavy atom. The average Bonchev–Trinajstić information content (AvgIpc) is 2.91. The molecule has 1 aliphatic rings. The highest BCUT2D eigenvalue weighted by Gasteiger charge is 2.37. The lowest BCUT2D eigenvalue weighted by Gasteiger charge is -2.29. The molecule has 2 heterocycles. The summed E-state index contributed by atoms with van der Waals surface area (Å²) < 4.78 is 41.4. The van der Waals surface area contributed by atoms with Crippen LogP contribution in [0.3, 0.4) is 0 Å². The number of hydrogen-bond donors (Lipinski definition) is 1. The molecular weight excluding hydrogens is 427 g/mol. The van der Waals surface area contributed by atoms with Crippen molar-refractivity contribution in [1.82, 2.24) is 9.88 Å². The number of benzene rings is 1. The zero-order valence-corrected chi connectivity index (χ0v) is 18.5. The molecule has 5 nitrogen and oxygen atoms in total. The van der Waals surface area contributed by atoms with Gasteiger partial charge in [0, 0.05) is 16.9 Å². The fourth-order valence-corrected chi connectivity index (χ4v) is 4.12. The molecule has 1 saturated heterocycles. The first-order valence-corrected chi connectivity index (χ1v) is 9.91. The van der Waals surface area contributed by atoms with Crippen molar-refractivity contribution in [2.24, 2.45) is 0 Å². The minimum absolute atomic E-state index is 0.0733. The highest BCUT2D eigenvalue weighted by atomic mass is 32.1. The second kappa shape index (κ2) is 7.64. The van der Waals surface area contributed by atoms with E-state index in [1.807, 2.05) is 40.7 Å². The quantitative estimate of drug-likeness (QED) is 0.411. The van der Waals surface area contributed by atoms with Crippen LogP contribution in [0.2, 0.25) is 0 Å². The number of nitrogens with one attached hydrogen (secondary N) is 1. The summed E-state index contributed by atoms with van der Waals surface area (Å²) in [6.45, 7) is 9.92. The van der Waals surface area contributed by atoms with E-state index in [0.29, 0.717) is 5.56 Å². The van der Waals surface area contributed by atoms with Crippen molar-refractivity contribution in [2.75, 3.05) is 4.90 Å². The van der Waals surface area contributed by atoms with E-state index in [4.69, 9.17) is 12.2 Å². The molecule has 1 N–H and O–H groups in total. The summed E-state index contributed by atoms with van der Waals surface area (Å²) in [6.07, 6.45) is -3.13. The lowest BCUT2D eigenvalue weighted by atomic mass is 10.1. The Bertz CT molecular complexity index is 1120. The molecule has 2 aromatic rings. The van der Waals surface area contributed by atoms with Gasteiger partial charge in [0.2, 0.25) is 0 Å². The normalized spacial score (nSPS) is 16.8. The van der Waals surface area contributed by atoms with Crippen molar-refractivity contribution in [2.45, 2.75) is 46.3 Å². The van der Waals surface area contributed by atoms with Gasteiger partial charge in [-0.25, -0.2) is 0 Å². The Hall–Kier alpha value is -2.94. The molecule has 1 aromatic carbocycles. The first-order chi connectivity index (χ1) is 14.2. The van der Waals surface area contributed by atoms with E-state index < -0.39 is 23.6 Å². The Morgan fingerprint density at radius 1 is 1.06 bits per heavy atom. The summed E-state index contributed by atoms with van der Waals surface area (Å²) in [5.41, 5.74) is 1.06. The van der Waals surface area contributed by atoms with Crippen LogP contribution in [0.1, 0.15) is 43.3 Å². The minimum Gasteiger partial charge on any atom is -0.343 e. The first-order valence-electron chi connectivity index (χ1n) is 9.50. The van der Waals surface area contributed by atoms with Crippen LogP contribution in [0.5, 0.6) is 0 Å². The molecule has 0 bridgehead atoms. The molecule has 1 aliphatic heterocycles. The van der Waals surface area contributed by atoms with E-state index in [1.165, 1.54) is 18.2 Å². The van der Waals surface area contributed by atoms with Crippen LogP contribution < -0.4 is 10.2 Å². The standard InChI is InChI=1S/C22H22F3N3O2S/c1-12-9-14(13(2)28(12)21(3,4)5)10-17-18(29)26-20(31)27(19(17)30)16-8-6-7-15(11-16)22(23,24)25/h6-11H,1-5H3,(H,26,29,31)/b17-10+. The lowest BCUT2D eigenvalue weighted by Crippen LogP contribution is -2.54. The fraction of sp³-hybridized carbons (Fsp3) is 0.318. The van der Waals surface area contributed by atoms with Gasteiger partial charge in [-0.2, -0.15) is 13.2 Å². The van der Waals surface area contributed by atoms with Crippen molar-refractivity contribution >= 4 is 40.9 Å². The van der Waals surface area contributed by atoms with Gasteiger partial charge in [0.25, 0.3) is 11.8 Å². The summed E-state index contributed by atoms with van der Waals surface area (Å²) in [5.74, 6) is -1.48. The van der Waals surface area contributed by atoms with Crippen molar-refractivity contribution < 1.29 is 22.8 Å². The number of aryl methyl sites for hydroxylation is 1. The van der Waals surface area contributed by atoms with Gasteiger partial charge in [-0.05, 0) is 82.7 Å². The molecule has 0 aliphatic carbocycles. The van der Waals surface area contributed by atoms with Crippen LogP contribution in [0.15, 0.2) is 35.9 Å². The van der Waals surface area contributed by atoms with Crippen LogP contribution in [-0.4, -0.2) is 21.5 Å². The van der Waals surface area contributed by atoms with Crippen LogP contribution >= 0.6 is 12.2 Å². The molecule has 9 heteroatoms. The summed E-state index contributed by atoms with van der Waals surface area (Å²) in [5, 5.41) is 2.13. The topological polar surface area (TPSA) is 54.3 Å². The predicted octanol–water partition coefficient (Wildman–Crippen LogP) is 4.71. The highest BCUT2D eigenvalue weighted by Crippen LogP contribution is 2.33. The number of nitrogens with zero attached hydrogens (tertiary/aromatic N) is 2. The number of halogens is 3. The largest absolute Gasteiger partial charge is 0.416 e. The maximum Gasteiger partial charge on any atom is 0.416 e. The third-order valence-electron chi connectivity index (χ3n) is 4.97. The molecule has 2 amide bonds. The smallest absolute Gasteiger partial charge is 0.343 e. The van der Waals surface area contributed by atoms with Gasteiger partial charge < -0.3 is 4.57 Å². The Balaban J connectivity index is 2.08. The van der Waals surface area contributed by atoms with Gasteiger partial charge in [0.1, 0.15) is 5.57 Å². The zero-order chi connectivity index (χ0) is 23.3. The lowest BCUT2D eigenvalue weighted by molar-refractivity contribution is -0.137. The van der Waals surface area contributed by atoms with Crippen LogP contribution in [0.4, 0.5) is 18.9 Å². The van der Waals surface area contributed by atoms with E-state index in [-0.39, 0.29) is 21.9 Å². The first kappa shape index (κ1) is 22.7. The van der Waals surface area contributed by atoms with Crippen molar-refractivity contribution in [1.29, 1.82) is 0 Å². The number of carbonyl (C=O) groups is 2. The van der Waals surface area contributed by atoms with Gasteiger partial charge >= 0.3 is 6.18 Å². The minimum atomic E-state index is -4.58. The summed E-state index contributed by atoms with van der Waals surface area (Å²) in [7, 11) is 0. The van der Waals surface area contributed by atoms with Gasteiger partial charge in [-0.3, -0.25) is 19.8 Å². The molecular formula is C22H22F3N3O2S. The number of amides is 2. The zero-order valence-electron chi connectivity index (χ0n) is 17.7. The predicted molar refractivity (Wildman–Crippen MR) is 117 cm³/mol. The van der Waals surface area contributed by atoms with Gasteiger partial charge in [0.05, 0.1) is 11.3 Å². The molecule has 1 aromatic heterocycles. The molecule has 0 radical (unpaired) electrons. The van der Waals surface area contributed by atoms with E-state index in [0.717, 1.165) is 28.4 Å². The Morgan fingerprint density at radius 3 is 2.26 bits per heavy atom. The summed E-state index contributed by atoms with van der Waals surface area (Å²) >= 11 is 5.08. The fourth-order valence-electron chi connectivity index (χ4n) is 3.83. The van der Waals surface area contributed by atoms with E-state index in [2.05, 4.69) is 9.88 Å². The van der Waals surface area contributed by atoms with Crippen LogP contribution in [0, 0.1) is 13.8 Å². The Labute approximate surface area is 183 Å². The van der Waals surface area contributed by atoms with E-state index >= 15 is 0 Å². The third-order valence-corrected chi connectivity index (χ3v) is 5.26. The van der Waals surface area contributed by atoms with Crippen molar-refractivity contribution in [3.63, 3.8) is 0 Å². The number of carbonyl (C=O) groups excluding carboxylic acids is 2. The maximum absolute atomic E-state index is 13.1.